The second kappa shape index (κ2) is 8.73. The van der Waals surface area contributed by atoms with Crippen LogP contribution in [-0.4, -0.2) is 17.5 Å². The van der Waals surface area contributed by atoms with Gasteiger partial charge in [-0.2, -0.15) is 0 Å². The monoisotopic (exact) mass is 457 g/mol. The van der Waals surface area contributed by atoms with Crippen molar-refractivity contribution in [3.63, 3.8) is 0 Å². The standard InChI is InChI=1S/C19H15ClF2NO4PS/c1-28(25,26)27-18(14-10-29-17-5-3-12(20)9-13(14)17)19(24)23-7-6-11-2-4-15(21)16(22)8-11/h2-10,18H,1H3,(H,23,24)(H,25,26)/b7-6+. The number of halogens is 3. The summed E-state index contributed by atoms with van der Waals surface area (Å²) >= 11 is 7.36. The number of nitrogens with one attached hydrogen (secondary N) is 1. The van der Waals surface area contributed by atoms with Gasteiger partial charge in [0, 0.05) is 33.5 Å². The number of fused-ring (bicyclic) bond motifs is 1. The van der Waals surface area contributed by atoms with Crippen molar-refractivity contribution in [2.75, 3.05) is 6.66 Å². The Hall–Kier alpha value is -2.09. The average Bonchev–Trinajstić information content (AvgIpc) is 3.04. The minimum atomic E-state index is -4.01. The summed E-state index contributed by atoms with van der Waals surface area (Å²) in [6.07, 6.45) is 1.19. The SMILES string of the molecule is CP(=O)(O)OC(C(=O)N/C=C/c1ccc(F)c(F)c1)c1csc2ccc(Cl)cc12. The van der Waals surface area contributed by atoms with E-state index in [1.807, 2.05) is 0 Å². The van der Waals surface area contributed by atoms with E-state index in [2.05, 4.69) is 5.32 Å². The second-order valence-corrected chi connectivity index (χ2v) is 9.30. The zero-order valence-electron chi connectivity index (χ0n) is 14.9. The van der Waals surface area contributed by atoms with E-state index in [1.165, 1.54) is 29.7 Å². The molecule has 3 rings (SSSR count). The Labute approximate surface area is 174 Å². The van der Waals surface area contributed by atoms with Gasteiger partial charge in [-0.25, -0.2) is 8.78 Å². The van der Waals surface area contributed by atoms with Crippen LogP contribution < -0.4 is 5.32 Å². The van der Waals surface area contributed by atoms with Crippen LogP contribution in [0.3, 0.4) is 0 Å². The van der Waals surface area contributed by atoms with Crippen molar-refractivity contribution in [1.82, 2.24) is 5.32 Å². The maximum atomic E-state index is 13.3. The fraction of sp³-hybridized carbons (Fsp3) is 0.105. The maximum absolute atomic E-state index is 13.3. The van der Waals surface area contributed by atoms with E-state index >= 15 is 0 Å². The van der Waals surface area contributed by atoms with Gasteiger partial charge in [0.25, 0.3) is 5.91 Å². The van der Waals surface area contributed by atoms with E-state index in [0.717, 1.165) is 23.5 Å². The Bertz CT molecular complexity index is 1140. The maximum Gasteiger partial charge on any atom is 0.326 e. The van der Waals surface area contributed by atoms with Gasteiger partial charge in [-0.3, -0.25) is 13.9 Å². The number of carbonyl (C=O) groups is 1. The largest absolute Gasteiger partial charge is 0.330 e. The van der Waals surface area contributed by atoms with Crippen LogP contribution in [0.4, 0.5) is 8.78 Å². The Morgan fingerprint density at radius 3 is 2.72 bits per heavy atom. The van der Waals surface area contributed by atoms with E-state index in [9.17, 15) is 23.0 Å². The summed E-state index contributed by atoms with van der Waals surface area (Å²) in [5.41, 5.74) is 0.708. The highest BCUT2D eigenvalue weighted by Crippen LogP contribution is 2.45. The predicted molar refractivity (Wildman–Crippen MR) is 110 cm³/mol. The summed E-state index contributed by atoms with van der Waals surface area (Å²) < 4.78 is 44.0. The van der Waals surface area contributed by atoms with Gasteiger partial charge in [0.2, 0.25) is 0 Å². The highest BCUT2D eigenvalue weighted by Gasteiger charge is 2.29. The Balaban J connectivity index is 1.87. The Kier molecular flexibility index (Phi) is 6.51. The normalized spacial score (nSPS) is 14.8. The lowest BCUT2D eigenvalue weighted by molar-refractivity contribution is -0.127. The van der Waals surface area contributed by atoms with Crippen LogP contribution in [0.5, 0.6) is 0 Å². The highest BCUT2D eigenvalue weighted by atomic mass is 35.5. The van der Waals surface area contributed by atoms with Gasteiger partial charge in [0.05, 0.1) is 0 Å². The van der Waals surface area contributed by atoms with Gasteiger partial charge in [-0.1, -0.05) is 17.7 Å². The summed E-state index contributed by atoms with van der Waals surface area (Å²) in [5.74, 6) is -2.71. The molecule has 0 bridgehead atoms. The van der Waals surface area contributed by atoms with Crippen LogP contribution >= 0.6 is 30.5 Å². The first-order valence-corrected chi connectivity index (χ1v) is 11.5. The molecule has 0 saturated carbocycles. The molecule has 0 aliphatic carbocycles. The molecule has 0 radical (unpaired) electrons. The van der Waals surface area contributed by atoms with Crippen LogP contribution in [0.15, 0.2) is 48.0 Å². The van der Waals surface area contributed by atoms with Crippen molar-refractivity contribution in [2.24, 2.45) is 0 Å². The van der Waals surface area contributed by atoms with Crippen molar-refractivity contribution in [1.29, 1.82) is 0 Å². The Morgan fingerprint density at radius 2 is 2.03 bits per heavy atom. The molecule has 10 heteroatoms. The third-order valence-corrected chi connectivity index (χ3v) is 5.65. The summed E-state index contributed by atoms with van der Waals surface area (Å²) in [6.45, 7) is 0.978. The summed E-state index contributed by atoms with van der Waals surface area (Å²) in [5, 5.41) is 5.16. The first-order chi connectivity index (χ1) is 13.6. The molecule has 5 nitrogen and oxygen atoms in total. The molecule has 1 aromatic heterocycles. The minimum Gasteiger partial charge on any atom is -0.330 e. The summed E-state index contributed by atoms with van der Waals surface area (Å²) in [4.78, 5) is 22.3. The van der Waals surface area contributed by atoms with Crippen LogP contribution in [0.2, 0.25) is 5.02 Å². The molecule has 1 heterocycles. The van der Waals surface area contributed by atoms with E-state index in [0.29, 0.717) is 21.5 Å². The van der Waals surface area contributed by atoms with E-state index in [4.69, 9.17) is 16.1 Å². The predicted octanol–water partition coefficient (Wildman–Crippen LogP) is 5.49. The molecule has 2 aromatic carbocycles. The molecule has 152 valence electrons. The van der Waals surface area contributed by atoms with Crippen molar-refractivity contribution < 1.29 is 27.6 Å². The van der Waals surface area contributed by atoms with Crippen molar-refractivity contribution >= 4 is 52.6 Å². The van der Waals surface area contributed by atoms with Gasteiger partial charge >= 0.3 is 7.60 Å². The molecular formula is C19H15ClF2NO4PS. The summed E-state index contributed by atoms with van der Waals surface area (Å²) in [7, 11) is -4.01. The number of benzene rings is 2. The zero-order chi connectivity index (χ0) is 21.2. The van der Waals surface area contributed by atoms with Crippen molar-refractivity contribution in [2.45, 2.75) is 6.10 Å². The third kappa shape index (κ3) is 5.50. The van der Waals surface area contributed by atoms with E-state index in [-0.39, 0.29) is 0 Å². The molecule has 2 atom stereocenters. The fourth-order valence-electron chi connectivity index (χ4n) is 2.58. The highest BCUT2D eigenvalue weighted by molar-refractivity contribution is 7.51. The number of hydrogen-bond donors (Lipinski definition) is 2. The molecule has 0 aliphatic heterocycles. The third-order valence-electron chi connectivity index (χ3n) is 3.83. The van der Waals surface area contributed by atoms with Gasteiger partial charge in [-0.05, 0) is 47.4 Å². The lowest BCUT2D eigenvalue weighted by Gasteiger charge is -2.18. The molecular weight excluding hydrogens is 443 g/mol. The minimum absolute atomic E-state index is 0.317. The molecule has 1 amide bonds. The zero-order valence-corrected chi connectivity index (χ0v) is 17.4. The van der Waals surface area contributed by atoms with Crippen LogP contribution in [-0.2, 0) is 13.9 Å². The molecule has 3 aromatic rings. The van der Waals surface area contributed by atoms with Gasteiger partial charge in [0.1, 0.15) is 0 Å². The lowest BCUT2D eigenvalue weighted by atomic mass is 10.1. The number of thiophene rings is 1. The molecule has 0 saturated heterocycles. The molecule has 2 unspecified atom stereocenters. The van der Waals surface area contributed by atoms with Crippen molar-refractivity contribution in [3.05, 3.63) is 75.8 Å². The number of carbonyl (C=O) groups excluding carboxylic acids is 1. The topological polar surface area (TPSA) is 75.6 Å². The van der Waals surface area contributed by atoms with Gasteiger partial charge < -0.3 is 10.2 Å². The quantitative estimate of drug-likeness (QED) is 0.480. The first kappa shape index (κ1) is 21.6. The Morgan fingerprint density at radius 1 is 1.28 bits per heavy atom. The lowest BCUT2D eigenvalue weighted by Crippen LogP contribution is -2.26. The van der Waals surface area contributed by atoms with Crippen LogP contribution in [0.1, 0.15) is 17.2 Å². The summed E-state index contributed by atoms with van der Waals surface area (Å²) in [6, 6.07) is 8.37. The smallest absolute Gasteiger partial charge is 0.326 e. The van der Waals surface area contributed by atoms with Gasteiger partial charge in [-0.15, -0.1) is 11.3 Å². The van der Waals surface area contributed by atoms with Crippen LogP contribution in [0.25, 0.3) is 16.2 Å². The molecule has 0 spiro atoms. The molecule has 2 N–H and O–H groups in total. The number of rotatable bonds is 6. The second-order valence-electron chi connectivity index (χ2n) is 6.14. The molecule has 29 heavy (non-hydrogen) atoms. The van der Waals surface area contributed by atoms with Crippen LogP contribution in [0, 0.1) is 11.6 Å². The molecule has 0 fully saturated rings. The first-order valence-electron chi connectivity index (χ1n) is 8.21. The fourth-order valence-corrected chi connectivity index (χ4v) is 4.30. The van der Waals surface area contributed by atoms with E-state index in [1.54, 1.807) is 23.6 Å². The number of hydrogen-bond acceptors (Lipinski definition) is 4. The number of amides is 1. The average molecular weight is 458 g/mol. The molecule has 0 aliphatic rings. The van der Waals surface area contributed by atoms with Gasteiger partial charge in [0.15, 0.2) is 17.7 Å². The van der Waals surface area contributed by atoms with Crippen molar-refractivity contribution in [3.8, 4) is 0 Å². The van der Waals surface area contributed by atoms with E-state index < -0.39 is 31.2 Å².